The van der Waals surface area contributed by atoms with Crippen molar-refractivity contribution in [2.45, 2.75) is 19.8 Å². The summed E-state index contributed by atoms with van der Waals surface area (Å²) in [5.74, 6) is -3.02. The van der Waals surface area contributed by atoms with Gasteiger partial charge in [0.1, 0.15) is 0 Å². The van der Waals surface area contributed by atoms with E-state index in [0.717, 1.165) is 6.07 Å². The van der Waals surface area contributed by atoms with Gasteiger partial charge in [-0.2, -0.15) is 0 Å². The molecule has 0 aromatic heterocycles. The number of amides is 2. The predicted octanol–water partition coefficient (Wildman–Crippen LogP) is 1.49. The number of benzene rings is 1. The van der Waals surface area contributed by atoms with Crippen LogP contribution in [0.5, 0.6) is 0 Å². The molecule has 0 radical (unpaired) electrons. The van der Waals surface area contributed by atoms with E-state index in [-0.39, 0.29) is 27.7 Å². The molecule has 0 atom stereocenters. The minimum Gasteiger partial charge on any atom is -0.478 e. The Bertz CT molecular complexity index is 576. The average molecular weight is 249 g/mol. The number of carbonyl (C=O) groups excluding carboxylic acids is 2. The minimum atomic E-state index is -1.18. The van der Waals surface area contributed by atoms with Gasteiger partial charge in [0.05, 0.1) is 16.7 Å². The van der Waals surface area contributed by atoms with Crippen LogP contribution in [-0.4, -0.2) is 33.2 Å². The number of carboxylic acids is 1. The number of imide groups is 1. The van der Waals surface area contributed by atoms with Crippen molar-refractivity contribution in [3.05, 3.63) is 34.4 Å². The van der Waals surface area contributed by atoms with Gasteiger partial charge in [-0.3, -0.25) is 14.8 Å². The second-order valence-corrected chi connectivity index (χ2v) is 4.37. The van der Waals surface area contributed by atoms with Gasteiger partial charge in [0.25, 0.3) is 11.8 Å². The van der Waals surface area contributed by atoms with Crippen LogP contribution in [-0.2, 0) is 0 Å². The summed E-state index contributed by atoms with van der Waals surface area (Å²) in [7, 11) is 0. The number of hydrogen-bond donors (Lipinski definition) is 2. The summed E-state index contributed by atoms with van der Waals surface area (Å²) >= 11 is 0. The molecule has 0 unspecified atom stereocenters. The van der Waals surface area contributed by atoms with Crippen LogP contribution in [0.25, 0.3) is 0 Å². The van der Waals surface area contributed by atoms with Gasteiger partial charge >= 0.3 is 5.97 Å². The molecule has 1 heterocycles. The van der Waals surface area contributed by atoms with E-state index >= 15 is 0 Å². The zero-order chi connectivity index (χ0) is 13.6. The zero-order valence-electron chi connectivity index (χ0n) is 9.80. The minimum absolute atomic E-state index is 0.0160. The Morgan fingerprint density at radius 2 is 1.83 bits per heavy atom. The fourth-order valence-corrected chi connectivity index (χ4v) is 1.96. The summed E-state index contributed by atoms with van der Waals surface area (Å²) in [5, 5.41) is 18.3. The van der Waals surface area contributed by atoms with Crippen molar-refractivity contribution in [2.24, 2.45) is 0 Å². The number of hydrogen-bond acceptors (Lipinski definition) is 4. The van der Waals surface area contributed by atoms with Crippen LogP contribution in [0, 0.1) is 0 Å². The van der Waals surface area contributed by atoms with Crippen LogP contribution in [0.1, 0.15) is 56.4 Å². The third-order valence-corrected chi connectivity index (χ3v) is 2.87. The quantitative estimate of drug-likeness (QED) is 0.611. The molecule has 2 rings (SSSR count). The lowest BCUT2D eigenvalue weighted by atomic mass is 9.92. The fraction of sp³-hybridized carbons (Fsp3) is 0.250. The second-order valence-electron chi connectivity index (χ2n) is 4.37. The molecule has 2 amide bonds. The maximum Gasteiger partial charge on any atom is 0.335 e. The lowest BCUT2D eigenvalue weighted by Gasteiger charge is -2.10. The number of nitrogens with zero attached hydrogens (tertiary/aromatic N) is 1. The van der Waals surface area contributed by atoms with E-state index < -0.39 is 17.8 Å². The molecule has 1 aromatic rings. The predicted molar refractivity (Wildman–Crippen MR) is 59.8 cm³/mol. The third kappa shape index (κ3) is 1.58. The van der Waals surface area contributed by atoms with Crippen LogP contribution in [0.4, 0.5) is 0 Å². The summed E-state index contributed by atoms with van der Waals surface area (Å²) in [4.78, 5) is 34.3. The summed E-state index contributed by atoms with van der Waals surface area (Å²) in [6.45, 7) is 3.55. The van der Waals surface area contributed by atoms with Crippen LogP contribution in [0.2, 0.25) is 0 Å². The van der Waals surface area contributed by atoms with Gasteiger partial charge in [-0.15, -0.1) is 5.06 Å². The molecule has 0 aliphatic carbocycles. The van der Waals surface area contributed by atoms with Crippen LogP contribution in [0.15, 0.2) is 12.1 Å². The molecule has 1 aliphatic heterocycles. The van der Waals surface area contributed by atoms with Crippen molar-refractivity contribution in [1.82, 2.24) is 5.06 Å². The van der Waals surface area contributed by atoms with Crippen LogP contribution >= 0.6 is 0 Å². The first-order chi connectivity index (χ1) is 8.34. The van der Waals surface area contributed by atoms with Crippen LogP contribution < -0.4 is 0 Å². The normalized spacial score (nSPS) is 14.3. The maximum absolute atomic E-state index is 11.7. The zero-order valence-corrected chi connectivity index (χ0v) is 9.80. The molecule has 1 aromatic carbocycles. The highest BCUT2D eigenvalue weighted by atomic mass is 16.5. The van der Waals surface area contributed by atoms with E-state index in [2.05, 4.69) is 0 Å². The summed E-state index contributed by atoms with van der Waals surface area (Å²) < 4.78 is 0. The van der Waals surface area contributed by atoms with E-state index in [0.29, 0.717) is 5.56 Å². The smallest absolute Gasteiger partial charge is 0.335 e. The van der Waals surface area contributed by atoms with Crippen molar-refractivity contribution in [2.75, 3.05) is 0 Å². The lowest BCUT2D eigenvalue weighted by molar-refractivity contribution is -0.0327. The molecule has 6 nitrogen and oxygen atoms in total. The molecule has 0 saturated carbocycles. The lowest BCUT2D eigenvalue weighted by Crippen LogP contribution is -2.25. The molecule has 0 fully saturated rings. The molecule has 2 N–H and O–H groups in total. The largest absolute Gasteiger partial charge is 0.478 e. The Kier molecular flexibility index (Phi) is 2.67. The first kappa shape index (κ1) is 12.3. The Hall–Kier alpha value is -2.21. The van der Waals surface area contributed by atoms with Crippen molar-refractivity contribution < 1.29 is 24.7 Å². The Morgan fingerprint density at radius 1 is 1.22 bits per heavy atom. The number of aromatic carboxylic acids is 1. The van der Waals surface area contributed by atoms with Gasteiger partial charge in [-0.25, -0.2) is 4.79 Å². The molecular formula is C12H11NO5. The van der Waals surface area contributed by atoms with Crippen molar-refractivity contribution >= 4 is 17.8 Å². The Morgan fingerprint density at radius 3 is 2.33 bits per heavy atom. The van der Waals surface area contributed by atoms with Crippen molar-refractivity contribution in [3.8, 4) is 0 Å². The Labute approximate surface area is 102 Å². The number of fused-ring (bicyclic) bond motifs is 1. The number of carboxylic acid groups (broad SMARTS) is 1. The molecule has 0 saturated heterocycles. The number of rotatable bonds is 2. The molecule has 1 aliphatic rings. The van der Waals surface area contributed by atoms with Gasteiger partial charge < -0.3 is 5.11 Å². The van der Waals surface area contributed by atoms with E-state index in [9.17, 15) is 19.6 Å². The van der Waals surface area contributed by atoms with Crippen molar-refractivity contribution in [3.63, 3.8) is 0 Å². The van der Waals surface area contributed by atoms with E-state index in [4.69, 9.17) is 5.11 Å². The van der Waals surface area contributed by atoms with Gasteiger partial charge in [0.15, 0.2) is 0 Å². The van der Waals surface area contributed by atoms with Crippen molar-refractivity contribution in [1.29, 1.82) is 0 Å². The second kappa shape index (κ2) is 3.92. The number of hydroxylamine groups is 2. The van der Waals surface area contributed by atoms with E-state index in [1.165, 1.54) is 6.07 Å². The molecular weight excluding hydrogens is 238 g/mol. The topological polar surface area (TPSA) is 94.9 Å². The molecule has 6 heteroatoms. The average Bonchev–Trinajstić information content (AvgIpc) is 2.53. The first-order valence-corrected chi connectivity index (χ1v) is 5.33. The molecule has 0 bridgehead atoms. The molecule has 94 valence electrons. The molecule has 18 heavy (non-hydrogen) atoms. The fourth-order valence-electron chi connectivity index (χ4n) is 1.96. The first-order valence-electron chi connectivity index (χ1n) is 5.33. The highest BCUT2D eigenvalue weighted by Gasteiger charge is 2.38. The van der Waals surface area contributed by atoms with Crippen LogP contribution in [0.3, 0.4) is 0 Å². The van der Waals surface area contributed by atoms with E-state index in [1.807, 2.05) is 0 Å². The van der Waals surface area contributed by atoms with E-state index in [1.54, 1.807) is 13.8 Å². The SMILES string of the molecule is CC(C)c1cc(C(=O)O)cc2c1C(=O)N(O)C2=O. The van der Waals surface area contributed by atoms with Gasteiger partial charge in [0.2, 0.25) is 0 Å². The number of carbonyl (C=O) groups is 3. The third-order valence-electron chi connectivity index (χ3n) is 2.87. The standard InChI is InChI=1S/C12H11NO5/c1-5(2)7-3-6(12(16)17)4-8-9(7)11(15)13(18)10(8)14/h3-5,18H,1-2H3,(H,16,17). The van der Waals surface area contributed by atoms with Gasteiger partial charge in [0, 0.05) is 0 Å². The highest BCUT2D eigenvalue weighted by Crippen LogP contribution is 2.31. The Balaban J connectivity index is 2.77. The van der Waals surface area contributed by atoms with Gasteiger partial charge in [-0.1, -0.05) is 13.8 Å². The summed E-state index contributed by atoms with van der Waals surface area (Å²) in [6.07, 6.45) is 0. The molecule has 0 spiro atoms. The summed E-state index contributed by atoms with van der Waals surface area (Å²) in [6, 6.07) is 2.47. The monoisotopic (exact) mass is 249 g/mol. The highest BCUT2D eigenvalue weighted by molar-refractivity contribution is 6.21. The van der Waals surface area contributed by atoms with Gasteiger partial charge in [-0.05, 0) is 23.6 Å². The summed E-state index contributed by atoms with van der Waals surface area (Å²) in [5.41, 5.74) is 0.391. The maximum atomic E-state index is 11.7.